The van der Waals surface area contributed by atoms with Gasteiger partial charge in [-0.3, -0.25) is 0 Å². The highest BCUT2D eigenvalue weighted by molar-refractivity contribution is 5.16. The van der Waals surface area contributed by atoms with Gasteiger partial charge in [-0.05, 0) is 19.0 Å². The molecule has 12 heavy (non-hydrogen) atoms. The summed E-state index contributed by atoms with van der Waals surface area (Å²) >= 11 is 0. The fraction of sp³-hybridized carbons (Fsp3) is 0.750. The first-order chi connectivity index (χ1) is 5.56. The Morgan fingerprint density at radius 2 is 2.33 bits per heavy atom. The van der Waals surface area contributed by atoms with Crippen LogP contribution in [-0.2, 0) is 0 Å². The molecule has 70 valence electrons. The molecule has 4 heteroatoms. The van der Waals surface area contributed by atoms with Crippen molar-refractivity contribution in [1.82, 2.24) is 4.90 Å². The van der Waals surface area contributed by atoms with Gasteiger partial charge in [-0.1, -0.05) is 6.08 Å². The summed E-state index contributed by atoms with van der Waals surface area (Å²) in [4.78, 5) is 2.00. The highest BCUT2D eigenvalue weighted by Crippen LogP contribution is 2.27. The van der Waals surface area contributed by atoms with Gasteiger partial charge >= 0.3 is 0 Å². The topological polar surface area (TPSA) is 29.3 Å². The maximum atomic E-state index is 13.0. The number of alkyl halides is 2. The molecule has 0 saturated carbocycles. The first-order valence-corrected chi connectivity index (χ1v) is 4.02. The van der Waals surface area contributed by atoms with Crippen LogP contribution in [0.3, 0.4) is 0 Å². The predicted molar refractivity (Wildman–Crippen MR) is 44.2 cm³/mol. The average molecular weight is 176 g/mol. The molecule has 1 rings (SSSR count). The van der Waals surface area contributed by atoms with E-state index in [4.69, 9.17) is 5.73 Å². The zero-order chi connectivity index (χ0) is 9.19. The van der Waals surface area contributed by atoms with E-state index in [1.54, 1.807) is 6.08 Å². The maximum absolute atomic E-state index is 13.0. The predicted octanol–water partition coefficient (Wildman–Crippen LogP) is 0.842. The molecular weight excluding hydrogens is 162 g/mol. The van der Waals surface area contributed by atoms with Crippen LogP contribution in [0, 0.1) is 0 Å². The molecule has 2 nitrogen and oxygen atoms in total. The summed E-state index contributed by atoms with van der Waals surface area (Å²) in [5, 5.41) is 0. The van der Waals surface area contributed by atoms with Gasteiger partial charge < -0.3 is 10.6 Å². The van der Waals surface area contributed by atoms with Crippen LogP contribution < -0.4 is 5.73 Å². The smallest absolute Gasteiger partial charge is 0.281 e. The van der Waals surface area contributed by atoms with Gasteiger partial charge in [0.05, 0.1) is 6.54 Å². The summed E-state index contributed by atoms with van der Waals surface area (Å²) in [7, 11) is 1.91. The number of halogens is 2. The maximum Gasteiger partial charge on any atom is 0.281 e. The molecule has 0 fully saturated rings. The molecular formula is C8H14F2N2. The number of nitrogens with zero attached hydrogens (tertiary/aromatic N) is 1. The van der Waals surface area contributed by atoms with Gasteiger partial charge in [-0.15, -0.1) is 0 Å². The van der Waals surface area contributed by atoms with Crippen LogP contribution in [0.1, 0.15) is 6.42 Å². The number of likely N-dealkylation sites (N-methyl/N-ethyl adjacent to an activating group) is 1. The van der Waals surface area contributed by atoms with Crippen LogP contribution in [0.2, 0.25) is 0 Å². The normalized spacial score (nSPS) is 20.8. The minimum absolute atomic E-state index is 0.197. The molecule has 0 amide bonds. The van der Waals surface area contributed by atoms with Crippen molar-refractivity contribution in [1.29, 1.82) is 0 Å². The van der Waals surface area contributed by atoms with Crippen molar-refractivity contribution < 1.29 is 8.78 Å². The molecule has 0 aromatic rings. The fourth-order valence-corrected chi connectivity index (χ4v) is 1.23. The Labute approximate surface area is 71.0 Å². The highest BCUT2D eigenvalue weighted by Gasteiger charge is 2.32. The van der Waals surface area contributed by atoms with Crippen molar-refractivity contribution in [2.75, 3.05) is 26.7 Å². The molecule has 0 unspecified atom stereocenters. The van der Waals surface area contributed by atoms with Gasteiger partial charge in [-0.25, -0.2) is 8.78 Å². The average Bonchev–Trinajstić information content (AvgIpc) is 2.05. The largest absolute Gasteiger partial charge is 0.325 e. The molecule has 1 aliphatic heterocycles. The second kappa shape index (κ2) is 3.49. The van der Waals surface area contributed by atoms with Crippen molar-refractivity contribution in [3.63, 3.8) is 0 Å². The summed E-state index contributed by atoms with van der Waals surface area (Å²) in [5.74, 6) is -2.79. The van der Waals surface area contributed by atoms with Crippen LogP contribution >= 0.6 is 0 Å². The summed E-state index contributed by atoms with van der Waals surface area (Å²) < 4.78 is 25.9. The van der Waals surface area contributed by atoms with Gasteiger partial charge in [0.15, 0.2) is 0 Å². The van der Waals surface area contributed by atoms with Gasteiger partial charge in [0, 0.05) is 13.1 Å². The van der Waals surface area contributed by atoms with E-state index in [9.17, 15) is 8.78 Å². The number of rotatable bonds is 2. The molecule has 0 radical (unpaired) electrons. The lowest BCUT2D eigenvalue weighted by atomic mass is 10.0. The van der Waals surface area contributed by atoms with Crippen molar-refractivity contribution in [2.45, 2.75) is 12.3 Å². The van der Waals surface area contributed by atoms with Crippen LogP contribution in [0.4, 0.5) is 8.78 Å². The molecule has 0 bridgehead atoms. The second-order valence-corrected chi connectivity index (χ2v) is 3.15. The Hall–Kier alpha value is -0.480. The van der Waals surface area contributed by atoms with Crippen molar-refractivity contribution >= 4 is 0 Å². The Morgan fingerprint density at radius 3 is 2.75 bits per heavy atom. The summed E-state index contributed by atoms with van der Waals surface area (Å²) in [6.45, 7) is 0.717. The van der Waals surface area contributed by atoms with Gasteiger partial charge in [0.1, 0.15) is 0 Å². The van der Waals surface area contributed by atoms with E-state index in [1.807, 2.05) is 11.9 Å². The molecule has 0 aromatic heterocycles. The molecule has 1 aliphatic rings. The summed E-state index contributed by atoms with van der Waals surface area (Å²) in [6.07, 6.45) is 2.01. The van der Waals surface area contributed by atoms with E-state index in [0.29, 0.717) is 19.5 Å². The summed E-state index contributed by atoms with van der Waals surface area (Å²) in [6, 6.07) is 0. The summed E-state index contributed by atoms with van der Waals surface area (Å²) in [5.41, 5.74) is 5.16. The monoisotopic (exact) mass is 176 g/mol. The number of hydrogen-bond donors (Lipinski definition) is 1. The van der Waals surface area contributed by atoms with E-state index in [1.165, 1.54) is 0 Å². The highest BCUT2D eigenvalue weighted by atomic mass is 19.3. The third-order valence-electron chi connectivity index (χ3n) is 2.14. The van der Waals surface area contributed by atoms with E-state index >= 15 is 0 Å². The minimum atomic E-state index is -2.79. The Bertz CT molecular complexity index is 189. The zero-order valence-corrected chi connectivity index (χ0v) is 7.19. The molecule has 0 saturated heterocycles. The first kappa shape index (κ1) is 9.61. The van der Waals surface area contributed by atoms with Crippen molar-refractivity contribution in [2.24, 2.45) is 5.73 Å². The van der Waals surface area contributed by atoms with E-state index in [2.05, 4.69) is 0 Å². The lowest BCUT2D eigenvalue weighted by molar-refractivity contribution is 0.0440. The van der Waals surface area contributed by atoms with Crippen molar-refractivity contribution in [3.8, 4) is 0 Å². The first-order valence-electron chi connectivity index (χ1n) is 4.02. The molecule has 0 spiro atoms. The van der Waals surface area contributed by atoms with Crippen LogP contribution in [0.15, 0.2) is 11.6 Å². The SMILES string of the molecule is CN1CC=C(C(F)(F)CN)CC1. The van der Waals surface area contributed by atoms with E-state index in [-0.39, 0.29) is 5.57 Å². The second-order valence-electron chi connectivity index (χ2n) is 3.15. The fourth-order valence-electron chi connectivity index (χ4n) is 1.23. The minimum Gasteiger partial charge on any atom is -0.325 e. The Kier molecular flexibility index (Phi) is 2.80. The van der Waals surface area contributed by atoms with E-state index in [0.717, 1.165) is 0 Å². The van der Waals surface area contributed by atoms with Gasteiger partial charge in [0.2, 0.25) is 0 Å². The number of nitrogens with two attached hydrogens (primary N) is 1. The molecule has 1 heterocycles. The number of hydrogen-bond acceptors (Lipinski definition) is 2. The lowest BCUT2D eigenvalue weighted by Gasteiger charge is -2.26. The standard InChI is InChI=1S/C8H14F2N2/c1-12-4-2-7(3-5-12)8(9,10)6-11/h2H,3-6,11H2,1H3. The molecule has 0 aromatic carbocycles. The quantitative estimate of drug-likeness (QED) is 0.632. The van der Waals surface area contributed by atoms with Crippen LogP contribution in [-0.4, -0.2) is 37.5 Å². The van der Waals surface area contributed by atoms with Gasteiger partial charge in [0.25, 0.3) is 5.92 Å². The molecule has 2 N–H and O–H groups in total. The Balaban J connectivity index is 2.64. The zero-order valence-electron chi connectivity index (χ0n) is 7.19. The third kappa shape index (κ3) is 2.01. The van der Waals surface area contributed by atoms with Crippen LogP contribution in [0.5, 0.6) is 0 Å². The molecule has 0 atom stereocenters. The van der Waals surface area contributed by atoms with E-state index < -0.39 is 12.5 Å². The van der Waals surface area contributed by atoms with Gasteiger partial charge in [-0.2, -0.15) is 0 Å². The third-order valence-corrected chi connectivity index (χ3v) is 2.14. The lowest BCUT2D eigenvalue weighted by Crippen LogP contribution is -2.35. The molecule has 0 aliphatic carbocycles. The van der Waals surface area contributed by atoms with Crippen molar-refractivity contribution in [3.05, 3.63) is 11.6 Å². The van der Waals surface area contributed by atoms with Crippen LogP contribution in [0.25, 0.3) is 0 Å². The Morgan fingerprint density at radius 1 is 1.67 bits per heavy atom.